The molecule has 2 aromatic heterocycles. The van der Waals surface area contributed by atoms with Gasteiger partial charge in [0.15, 0.2) is 0 Å². The second-order valence-corrected chi connectivity index (χ2v) is 6.74. The molecule has 0 fully saturated rings. The molecule has 0 saturated carbocycles. The van der Waals surface area contributed by atoms with E-state index in [-0.39, 0.29) is 12.2 Å². The highest BCUT2D eigenvalue weighted by Gasteiger charge is 2.12. The second kappa shape index (κ2) is 6.67. The molecule has 2 heterocycles. The van der Waals surface area contributed by atoms with E-state index in [4.69, 9.17) is 0 Å². The number of nitrogens with zero attached hydrogens (tertiary/aromatic N) is 2. The smallest absolute Gasteiger partial charge is 0.340 e. The number of thiophene rings is 1. The third kappa shape index (κ3) is 3.79. The van der Waals surface area contributed by atoms with E-state index in [1.165, 1.54) is 23.9 Å². The van der Waals surface area contributed by atoms with Gasteiger partial charge in [0.25, 0.3) is 5.69 Å². The van der Waals surface area contributed by atoms with Gasteiger partial charge in [-0.15, -0.1) is 11.3 Å². The van der Waals surface area contributed by atoms with E-state index in [9.17, 15) is 14.9 Å². The van der Waals surface area contributed by atoms with Crippen LogP contribution >= 0.6 is 23.1 Å². The Bertz CT molecular complexity index is 872. The van der Waals surface area contributed by atoms with Crippen LogP contribution in [-0.2, 0) is 6.54 Å². The lowest BCUT2D eigenvalue weighted by atomic mass is 10.3. The maximum absolute atomic E-state index is 11.0. The Hall–Kier alpha value is -2.59. The zero-order valence-corrected chi connectivity index (χ0v) is 13.2. The van der Waals surface area contributed by atoms with Crippen LogP contribution in [0.4, 0.5) is 11.4 Å². The van der Waals surface area contributed by atoms with Gasteiger partial charge in [-0.05, 0) is 17.5 Å². The minimum atomic E-state index is -0.443. The van der Waals surface area contributed by atoms with Gasteiger partial charge in [0.2, 0.25) is 0 Å². The molecule has 3 rings (SSSR count). The quantitative estimate of drug-likeness (QED) is 0.465. The molecule has 0 bridgehead atoms. The molecule has 23 heavy (non-hydrogen) atoms. The van der Waals surface area contributed by atoms with Gasteiger partial charge < -0.3 is 5.32 Å². The van der Waals surface area contributed by atoms with E-state index >= 15 is 0 Å². The van der Waals surface area contributed by atoms with Crippen molar-refractivity contribution in [3.8, 4) is 0 Å². The number of nitrogens with one attached hydrogen (secondary N) is 3. The molecule has 118 valence electrons. The van der Waals surface area contributed by atoms with Gasteiger partial charge in [0.05, 0.1) is 21.4 Å². The van der Waals surface area contributed by atoms with Crippen LogP contribution in [0.15, 0.2) is 49.6 Å². The second-order valence-electron chi connectivity index (χ2n) is 4.45. The number of H-pyrrole nitrogens is 2. The number of nitro groups is 1. The molecular formula is C13H11N5O3S2. The van der Waals surface area contributed by atoms with Crippen LogP contribution in [0.5, 0.6) is 0 Å². The van der Waals surface area contributed by atoms with Crippen molar-refractivity contribution in [2.75, 3.05) is 5.32 Å². The van der Waals surface area contributed by atoms with E-state index in [0.717, 1.165) is 9.10 Å². The lowest BCUT2D eigenvalue weighted by Gasteiger charge is -2.10. The van der Waals surface area contributed by atoms with Crippen LogP contribution in [-0.4, -0.2) is 20.1 Å². The molecule has 0 amide bonds. The van der Waals surface area contributed by atoms with Gasteiger partial charge >= 0.3 is 5.69 Å². The zero-order chi connectivity index (χ0) is 16.2. The third-order valence-electron chi connectivity index (χ3n) is 2.88. The highest BCUT2D eigenvalue weighted by atomic mass is 32.2. The summed E-state index contributed by atoms with van der Waals surface area (Å²) in [7, 11) is 0. The third-order valence-corrected chi connectivity index (χ3v) is 4.99. The van der Waals surface area contributed by atoms with Crippen molar-refractivity contribution in [3.63, 3.8) is 0 Å². The molecule has 0 atom stereocenters. The van der Waals surface area contributed by atoms with Crippen LogP contribution in [0.2, 0.25) is 0 Å². The molecule has 0 aliphatic heterocycles. The summed E-state index contributed by atoms with van der Waals surface area (Å²) in [4.78, 5) is 24.9. The molecule has 0 aliphatic carbocycles. The van der Waals surface area contributed by atoms with Gasteiger partial charge in [-0.3, -0.25) is 15.1 Å². The van der Waals surface area contributed by atoms with E-state index in [0.29, 0.717) is 11.5 Å². The molecule has 1 aromatic carbocycles. The van der Waals surface area contributed by atoms with Crippen LogP contribution < -0.4 is 11.0 Å². The van der Waals surface area contributed by atoms with E-state index < -0.39 is 10.6 Å². The van der Waals surface area contributed by atoms with E-state index in [1.807, 2.05) is 17.5 Å². The maximum atomic E-state index is 11.0. The molecule has 3 N–H and O–H groups in total. The van der Waals surface area contributed by atoms with E-state index in [1.54, 1.807) is 17.4 Å². The molecule has 10 heteroatoms. The molecular weight excluding hydrogens is 338 g/mol. The summed E-state index contributed by atoms with van der Waals surface area (Å²) < 4.78 is 1.08. The Morgan fingerprint density at radius 1 is 1.39 bits per heavy atom. The Morgan fingerprint density at radius 3 is 2.91 bits per heavy atom. The first-order chi connectivity index (χ1) is 11.1. The summed E-state index contributed by atoms with van der Waals surface area (Å²) in [6.07, 6.45) is 0. The molecule has 8 nitrogen and oxygen atoms in total. The summed E-state index contributed by atoms with van der Waals surface area (Å²) in [6, 6.07) is 8.57. The number of anilines is 1. The number of benzene rings is 1. The van der Waals surface area contributed by atoms with Gasteiger partial charge in [-0.2, -0.15) is 5.10 Å². The van der Waals surface area contributed by atoms with Crippen molar-refractivity contribution in [2.24, 2.45) is 0 Å². The first-order valence-electron chi connectivity index (χ1n) is 6.49. The Kier molecular flexibility index (Phi) is 4.44. The summed E-state index contributed by atoms with van der Waals surface area (Å²) in [5.41, 5.74) is 0.217. The van der Waals surface area contributed by atoms with Crippen molar-refractivity contribution >= 4 is 34.5 Å². The Morgan fingerprint density at radius 2 is 2.26 bits per heavy atom. The van der Waals surface area contributed by atoms with Crippen molar-refractivity contribution in [1.29, 1.82) is 0 Å². The minimum Gasteiger partial charge on any atom is -0.377 e. The van der Waals surface area contributed by atoms with Gasteiger partial charge in [0.1, 0.15) is 5.82 Å². The molecule has 0 radical (unpaired) electrons. The number of rotatable bonds is 6. The molecule has 0 unspecified atom stereocenters. The van der Waals surface area contributed by atoms with Crippen molar-refractivity contribution in [1.82, 2.24) is 15.2 Å². The summed E-state index contributed by atoms with van der Waals surface area (Å²) in [5, 5.41) is 22.1. The topological polar surface area (TPSA) is 117 Å². The van der Waals surface area contributed by atoms with Crippen LogP contribution in [0.25, 0.3) is 0 Å². The fourth-order valence-electron chi connectivity index (χ4n) is 1.86. The number of hydrogen-bond donors (Lipinski definition) is 3. The van der Waals surface area contributed by atoms with Crippen molar-refractivity contribution in [2.45, 2.75) is 15.6 Å². The number of hydrogen-bond acceptors (Lipinski definition) is 7. The van der Waals surface area contributed by atoms with Crippen LogP contribution in [0.3, 0.4) is 0 Å². The lowest BCUT2D eigenvalue weighted by molar-refractivity contribution is -0.384. The fourth-order valence-corrected chi connectivity index (χ4v) is 3.67. The monoisotopic (exact) mass is 349 g/mol. The summed E-state index contributed by atoms with van der Waals surface area (Å²) in [6.45, 7) is 0.248. The van der Waals surface area contributed by atoms with Gasteiger partial charge in [-0.1, -0.05) is 17.8 Å². The summed E-state index contributed by atoms with van der Waals surface area (Å²) >= 11 is 3.11. The summed E-state index contributed by atoms with van der Waals surface area (Å²) in [5.74, 6) is 0.425. The largest absolute Gasteiger partial charge is 0.377 e. The number of aromatic nitrogens is 3. The minimum absolute atomic E-state index is 0.00134. The van der Waals surface area contributed by atoms with Crippen LogP contribution in [0, 0.1) is 10.1 Å². The zero-order valence-electron chi connectivity index (χ0n) is 11.6. The average Bonchev–Trinajstić information content (AvgIpc) is 3.17. The first kappa shape index (κ1) is 15.3. The highest BCUT2D eigenvalue weighted by Crippen LogP contribution is 2.37. The first-order valence-corrected chi connectivity index (χ1v) is 8.18. The Labute approximate surface area is 138 Å². The Balaban J connectivity index is 1.85. The number of aromatic amines is 2. The van der Waals surface area contributed by atoms with E-state index in [2.05, 4.69) is 20.5 Å². The van der Waals surface area contributed by atoms with Crippen molar-refractivity contribution in [3.05, 3.63) is 62.1 Å². The molecule has 3 aromatic rings. The molecule has 0 saturated heterocycles. The van der Waals surface area contributed by atoms with Crippen LogP contribution in [0.1, 0.15) is 5.82 Å². The standard InChI is InChI=1S/C13H11N5O3S2/c19-13-15-11(16-17-13)7-14-9-6-8(18(20)21)3-4-10(9)23-12-2-1-5-22-12/h1-6,14H,7H2,(H2,15,16,17,19). The SMILES string of the molecule is O=c1[nH]nc(CNc2cc([N+](=O)[O-])ccc2Sc2cccs2)[nH]1. The number of nitro benzene ring substituents is 1. The predicted octanol–water partition coefficient (Wildman–Crippen LogP) is 2.83. The molecule has 0 spiro atoms. The average molecular weight is 349 g/mol. The molecule has 0 aliphatic rings. The predicted molar refractivity (Wildman–Crippen MR) is 88.1 cm³/mol. The van der Waals surface area contributed by atoms with Gasteiger partial charge in [-0.25, -0.2) is 9.89 Å². The fraction of sp³-hybridized carbons (Fsp3) is 0.0769. The lowest BCUT2D eigenvalue weighted by Crippen LogP contribution is -2.05. The maximum Gasteiger partial charge on any atom is 0.340 e. The van der Waals surface area contributed by atoms with Crippen molar-refractivity contribution < 1.29 is 4.92 Å². The normalized spacial score (nSPS) is 10.6. The number of non-ortho nitro benzene ring substituents is 1. The highest BCUT2D eigenvalue weighted by molar-refractivity contribution is 8.01. The van der Waals surface area contributed by atoms with Gasteiger partial charge in [0, 0.05) is 17.0 Å².